The van der Waals surface area contributed by atoms with Crippen molar-refractivity contribution in [3.63, 3.8) is 0 Å². The number of aryl methyl sites for hydroxylation is 1. The predicted octanol–water partition coefficient (Wildman–Crippen LogP) is 2.77. The van der Waals surface area contributed by atoms with Crippen molar-refractivity contribution in [1.29, 1.82) is 0 Å². The highest BCUT2D eigenvalue weighted by Crippen LogP contribution is 2.06. The molecule has 0 aliphatic heterocycles. The Morgan fingerprint density at radius 2 is 2.11 bits per heavy atom. The predicted molar refractivity (Wildman–Crippen MR) is 75.0 cm³/mol. The molecule has 0 saturated heterocycles. The second kappa shape index (κ2) is 6.77. The van der Waals surface area contributed by atoms with Crippen molar-refractivity contribution in [1.82, 2.24) is 9.97 Å². The van der Waals surface area contributed by atoms with Crippen LogP contribution in [0.4, 0.5) is 0 Å². The van der Waals surface area contributed by atoms with E-state index in [9.17, 15) is 0 Å². The number of H-pyrrole nitrogens is 1. The molecule has 0 spiro atoms. The number of aromatic nitrogens is 2. The monoisotopic (exact) mass is 241 g/mol. The van der Waals surface area contributed by atoms with Gasteiger partial charge in [0.2, 0.25) is 0 Å². The fraction of sp³-hybridized carbons (Fsp3) is 0.267. The Balaban J connectivity index is 1.71. The molecule has 0 radical (unpaired) electrons. The van der Waals surface area contributed by atoms with Crippen LogP contribution in [0.3, 0.4) is 0 Å². The molecule has 1 aromatic heterocycles. The van der Waals surface area contributed by atoms with Gasteiger partial charge in [-0.15, -0.1) is 0 Å². The van der Waals surface area contributed by atoms with Gasteiger partial charge < -0.3 is 10.7 Å². The Morgan fingerprint density at radius 3 is 2.83 bits per heavy atom. The van der Waals surface area contributed by atoms with Crippen molar-refractivity contribution < 1.29 is 0 Å². The van der Waals surface area contributed by atoms with Gasteiger partial charge in [0.05, 0.1) is 6.33 Å². The average Bonchev–Trinajstić information content (AvgIpc) is 2.91. The Morgan fingerprint density at radius 1 is 1.28 bits per heavy atom. The largest absolute Gasteiger partial charge is 0.348 e. The van der Waals surface area contributed by atoms with E-state index in [0.29, 0.717) is 0 Å². The van der Waals surface area contributed by atoms with Gasteiger partial charge in [-0.2, -0.15) is 0 Å². The zero-order valence-corrected chi connectivity index (χ0v) is 10.4. The van der Waals surface area contributed by atoms with Gasteiger partial charge in [0, 0.05) is 17.9 Å². The summed E-state index contributed by atoms with van der Waals surface area (Å²) >= 11 is 0. The molecule has 0 aliphatic carbocycles. The molecule has 3 N–H and O–H groups in total. The van der Waals surface area contributed by atoms with Gasteiger partial charge >= 0.3 is 0 Å². The summed E-state index contributed by atoms with van der Waals surface area (Å²) in [5.41, 5.74) is 8.44. The number of hydrogen-bond acceptors (Lipinski definition) is 2. The van der Waals surface area contributed by atoms with E-state index >= 15 is 0 Å². The van der Waals surface area contributed by atoms with Gasteiger partial charge in [-0.1, -0.05) is 42.5 Å². The lowest BCUT2D eigenvalue weighted by atomic mass is 10.1. The quantitative estimate of drug-likeness (QED) is 0.817. The highest BCUT2D eigenvalue weighted by atomic mass is 14.9. The third-order valence-electron chi connectivity index (χ3n) is 2.89. The highest BCUT2D eigenvalue weighted by molar-refractivity contribution is 5.48. The summed E-state index contributed by atoms with van der Waals surface area (Å²) < 4.78 is 0. The molecular weight excluding hydrogens is 222 g/mol. The number of aromatic amines is 1. The lowest BCUT2D eigenvalue weighted by Gasteiger charge is -2.07. The topological polar surface area (TPSA) is 54.7 Å². The maximum absolute atomic E-state index is 6.07. The molecule has 18 heavy (non-hydrogen) atoms. The van der Waals surface area contributed by atoms with E-state index in [1.165, 1.54) is 5.56 Å². The van der Waals surface area contributed by atoms with Crippen LogP contribution in [0.1, 0.15) is 24.1 Å². The molecule has 1 heterocycles. The number of benzene rings is 1. The lowest BCUT2D eigenvalue weighted by Crippen LogP contribution is -2.19. The number of hydrogen-bond donors (Lipinski definition) is 2. The van der Waals surface area contributed by atoms with Crippen LogP contribution < -0.4 is 5.73 Å². The molecule has 3 nitrogen and oxygen atoms in total. The van der Waals surface area contributed by atoms with Crippen molar-refractivity contribution in [3.05, 3.63) is 60.2 Å². The molecule has 2 rings (SSSR count). The Kier molecular flexibility index (Phi) is 4.73. The van der Waals surface area contributed by atoms with Crippen molar-refractivity contribution >= 4 is 6.08 Å². The lowest BCUT2D eigenvalue weighted by molar-refractivity contribution is 0.617. The second-order valence-corrected chi connectivity index (χ2v) is 4.42. The fourth-order valence-electron chi connectivity index (χ4n) is 1.82. The molecule has 94 valence electrons. The van der Waals surface area contributed by atoms with Crippen LogP contribution >= 0.6 is 0 Å². The summed E-state index contributed by atoms with van der Waals surface area (Å²) in [5, 5.41) is 0. The average molecular weight is 241 g/mol. The zero-order chi connectivity index (χ0) is 12.6. The van der Waals surface area contributed by atoms with Crippen LogP contribution in [0.2, 0.25) is 0 Å². The fourth-order valence-corrected chi connectivity index (χ4v) is 1.82. The van der Waals surface area contributed by atoms with Gasteiger partial charge in [0.1, 0.15) is 0 Å². The summed E-state index contributed by atoms with van der Waals surface area (Å²) in [4.78, 5) is 7.08. The first-order chi connectivity index (χ1) is 8.84. The molecule has 1 aromatic carbocycles. The summed E-state index contributed by atoms with van der Waals surface area (Å²) in [5.74, 6) is 0. The van der Waals surface area contributed by atoms with Gasteiger partial charge in [0.25, 0.3) is 0 Å². The minimum atomic E-state index is 0.202. The van der Waals surface area contributed by atoms with Crippen molar-refractivity contribution in [3.8, 4) is 0 Å². The molecular formula is C15H19N3. The van der Waals surface area contributed by atoms with Crippen molar-refractivity contribution in [2.45, 2.75) is 25.3 Å². The van der Waals surface area contributed by atoms with Crippen LogP contribution in [-0.4, -0.2) is 16.0 Å². The highest BCUT2D eigenvalue weighted by Gasteiger charge is 2.01. The van der Waals surface area contributed by atoms with Gasteiger partial charge in [-0.3, -0.25) is 0 Å². The molecule has 0 bridgehead atoms. The van der Waals surface area contributed by atoms with Crippen LogP contribution in [0.5, 0.6) is 0 Å². The first kappa shape index (κ1) is 12.6. The van der Waals surface area contributed by atoms with Crippen LogP contribution in [0, 0.1) is 0 Å². The maximum atomic E-state index is 6.07. The summed E-state index contributed by atoms with van der Waals surface area (Å²) in [6.45, 7) is 0. The molecule has 3 heteroatoms. The molecule has 2 aromatic rings. The van der Waals surface area contributed by atoms with E-state index in [4.69, 9.17) is 5.73 Å². The number of nitrogens with one attached hydrogen (secondary N) is 1. The van der Waals surface area contributed by atoms with E-state index in [-0.39, 0.29) is 6.04 Å². The SMILES string of the molecule is N[C@H](C/C=C/c1ccccc1)CCc1cnc[nH]1. The van der Waals surface area contributed by atoms with Gasteiger partial charge in [0.15, 0.2) is 0 Å². The molecule has 0 aliphatic rings. The van der Waals surface area contributed by atoms with E-state index in [1.807, 2.05) is 24.4 Å². The number of nitrogens with zero attached hydrogens (tertiary/aromatic N) is 1. The Bertz CT molecular complexity index is 460. The van der Waals surface area contributed by atoms with Gasteiger partial charge in [-0.25, -0.2) is 4.98 Å². The van der Waals surface area contributed by atoms with Crippen LogP contribution in [0.25, 0.3) is 6.08 Å². The summed E-state index contributed by atoms with van der Waals surface area (Å²) in [6, 6.07) is 10.5. The molecule has 0 fully saturated rings. The number of rotatable bonds is 6. The molecule has 0 saturated carbocycles. The van der Waals surface area contributed by atoms with Crippen LogP contribution in [-0.2, 0) is 6.42 Å². The zero-order valence-electron chi connectivity index (χ0n) is 10.4. The van der Waals surface area contributed by atoms with E-state index < -0.39 is 0 Å². The molecule has 1 atom stereocenters. The minimum absolute atomic E-state index is 0.202. The normalized spacial score (nSPS) is 12.9. The maximum Gasteiger partial charge on any atom is 0.0921 e. The summed E-state index contributed by atoms with van der Waals surface area (Å²) in [7, 11) is 0. The van der Waals surface area contributed by atoms with E-state index in [1.54, 1.807) is 6.33 Å². The van der Waals surface area contributed by atoms with Crippen molar-refractivity contribution in [2.24, 2.45) is 5.73 Å². The Hall–Kier alpha value is -1.87. The van der Waals surface area contributed by atoms with Crippen molar-refractivity contribution in [2.75, 3.05) is 0 Å². The van der Waals surface area contributed by atoms with E-state index in [2.05, 4.69) is 34.3 Å². The first-order valence-electron chi connectivity index (χ1n) is 6.29. The smallest absolute Gasteiger partial charge is 0.0921 e. The first-order valence-corrected chi connectivity index (χ1v) is 6.29. The third kappa shape index (κ3) is 4.18. The van der Waals surface area contributed by atoms with Crippen LogP contribution in [0.15, 0.2) is 48.9 Å². The van der Waals surface area contributed by atoms with E-state index in [0.717, 1.165) is 25.0 Å². The number of nitrogens with two attached hydrogens (primary N) is 1. The summed E-state index contributed by atoms with van der Waals surface area (Å²) in [6.07, 6.45) is 10.7. The standard InChI is InChI=1S/C15H19N3/c16-14(9-10-15-11-17-12-18-15)8-4-7-13-5-2-1-3-6-13/h1-7,11-12,14H,8-10,16H2,(H,17,18)/b7-4+/t14-/m1/s1. The Labute approximate surface area is 108 Å². The minimum Gasteiger partial charge on any atom is -0.348 e. The second-order valence-electron chi connectivity index (χ2n) is 4.42. The molecule has 0 unspecified atom stereocenters. The third-order valence-corrected chi connectivity index (χ3v) is 2.89. The molecule has 0 amide bonds. The number of imidazole rings is 1. The van der Waals surface area contributed by atoms with Gasteiger partial charge in [-0.05, 0) is 24.8 Å².